The van der Waals surface area contributed by atoms with Gasteiger partial charge in [0.15, 0.2) is 0 Å². The standard InChI is InChI=1S/C16H21N/c1-11-7-8-13-10-12(2)14-5-3-4-6-15(14)17-16(13)9-11/h3-6,10-12,16-17H,7-9H2,1-2H3. The van der Waals surface area contributed by atoms with Crippen molar-refractivity contribution in [2.24, 2.45) is 5.92 Å². The number of fused-ring (bicyclic) bond motifs is 2. The second-order valence-corrected chi connectivity index (χ2v) is 5.69. The van der Waals surface area contributed by atoms with Gasteiger partial charge in [0, 0.05) is 17.6 Å². The molecule has 1 saturated carbocycles. The van der Waals surface area contributed by atoms with Crippen LogP contribution in [-0.4, -0.2) is 6.04 Å². The summed E-state index contributed by atoms with van der Waals surface area (Å²) in [6.07, 6.45) is 6.41. The summed E-state index contributed by atoms with van der Waals surface area (Å²) in [5.41, 5.74) is 4.42. The first-order chi connectivity index (χ1) is 8.24. The maximum absolute atomic E-state index is 3.75. The molecule has 1 fully saturated rings. The monoisotopic (exact) mass is 227 g/mol. The van der Waals surface area contributed by atoms with Crippen molar-refractivity contribution >= 4 is 5.69 Å². The van der Waals surface area contributed by atoms with Gasteiger partial charge in [0.25, 0.3) is 0 Å². The Bertz CT molecular complexity index is 447. The van der Waals surface area contributed by atoms with E-state index < -0.39 is 0 Å². The van der Waals surface area contributed by atoms with Gasteiger partial charge in [0.05, 0.1) is 0 Å². The van der Waals surface area contributed by atoms with Crippen LogP contribution < -0.4 is 5.32 Å². The summed E-state index contributed by atoms with van der Waals surface area (Å²) < 4.78 is 0. The van der Waals surface area contributed by atoms with Crippen LogP contribution in [0.25, 0.3) is 0 Å². The normalized spacial score (nSPS) is 31.6. The lowest BCUT2D eigenvalue weighted by atomic mass is 9.82. The molecule has 0 aromatic heterocycles. The van der Waals surface area contributed by atoms with Crippen molar-refractivity contribution in [1.29, 1.82) is 0 Å². The number of para-hydroxylation sites is 1. The quantitative estimate of drug-likeness (QED) is 0.650. The van der Waals surface area contributed by atoms with E-state index in [4.69, 9.17) is 0 Å². The number of hydrogen-bond donors (Lipinski definition) is 1. The maximum atomic E-state index is 3.75. The Morgan fingerprint density at radius 2 is 2.00 bits per heavy atom. The average molecular weight is 227 g/mol. The minimum absolute atomic E-state index is 0.548. The van der Waals surface area contributed by atoms with Crippen LogP contribution in [0.15, 0.2) is 35.9 Å². The highest BCUT2D eigenvalue weighted by molar-refractivity contribution is 5.57. The van der Waals surface area contributed by atoms with Gasteiger partial charge >= 0.3 is 0 Å². The fourth-order valence-electron chi connectivity index (χ4n) is 3.23. The van der Waals surface area contributed by atoms with Gasteiger partial charge < -0.3 is 5.32 Å². The molecule has 0 spiro atoms. The van der Waals surface area contributed by atoms with Gasteiger partial charge in [0.1, 0.15) is 0 Å². The van der Waals surface area contributed by atoms with E-state index in [1.807, 2.05) is 0 Å². The number of benzene rings is 1. The lowest BCUT2D eigenvalue weighted by Crippen LogP contribution is -2.28. The van der Waals surface area contributed by atoms with E-state index >= 15 is 0 Å². The maximum Gasteiger partial charge on any atom is 0.0476 e. The Morgan fingerprint density at radius 1 is 1.18 bits per heavy atom. The van der Waals surface area contributed by atoms with E-state index in [1.54, 1.807) is 5.57 Å². The molecule has 3 unspecified atom stereocenters. The molecule has 0 bridgehead atoms. The summed E-state index contributed by atoms with van der Waals surface area (Å²) in [7, 11) is 0. The first kappa shape index (κ1) is 10.9. The predicted molar refractivity (Wildman–Crippen MR) is 73.4 cm³/mol. The lowest BCUT2D eigenvalue weighted by molar-refractivity contribution is 0.420. The summed E-state index contributed by atoms with van der Waals surface area (Å²) in [6.45, 7) is 4.69. The van der Waals surface area contributed by atoms with Gasteiger partial charge in [-0.05, 0) is 36.8 Å². The molecular formula is C16H21N. The van der Waals surface area contributed by atoms with Crippen LogP contribution in [-0.2, 0) is 0 Å². The SMILES string of the molecule is CC1CCC2=CC(C)c3ccccc3NC2C1. The van der Waals surface area contributed by atoms with Crippen molar-refractivity contribution in [1.82, 2.24) is 0 Å². The number of allylic oxidation sites excluding steroid dienone is 1. The fraction of sp³-hybridized carbons (Fsp3) is 0.500. The molecule has 17 heavy (non-hydrogen) atoms. The smallest absolute Gasteiger partial charge is 0.0476 e. The van der Waals surface area contributed by atoms with Gasteiger partial charge in [-0.15, -0.1) is 0 Å². The molecule has 1 aliphatic heterocycles. The highest BCUT2D eigenvalue weighted by Gasteiger charge is 2.27. The highest BCUT2D eigenvalue weighted by Crippen LogP contribution is 2.37. The minimum Gasteiger partial charge on any atom is -0.378 e. The summed E-state index contributed by atoms with van der Waals surface area (Å²) >= 11 is 0. The molecule has 1 nitrogen and oxygen atoms in total. The average Bonchev–Trinajstić information content (AvgIpc) is 2.46. The van der Waals surface area contributed by atoms with Crippen LogP contribution in [0.2, 0.25) is 0 Å². The first-order valence-electron chi connectivity index (χ1n) is 6.80. The number of rotatable bonds is 0. The lowest BCUT2D eigenvalue weighted by Gasteiger charge is -2.30. The second-order valence-electron chi connectivity index (χ2n) is 5.69. The predicted octanol–water partition coefficient (Wildman–Crippen LogP) is 4.33. The molecular weight excluding hydrogens is 206 g/mol. The van der Waals surface area contributed by atoms with E-state index in [1.165, 1.54) is 30.5 Å². The van der Waals surface area contributed by atoms with E-state index in [0.717, 1.165) is 5.92 Å². The van der Waals surface area contributed by atoms with Gasteiger partial charge in [-0.25, -0.2) is 0 Å². The molecule has 3 rings (SSSR count). The summed E-state index contributed by atoms with van der Waals surface area (Å²) in [4.78, 5) is 0. The van der Waals surface area contributed by atoms with Gasteiger partial charge in [0.2, 0.25) is 0 Å². The Kier molecular flexibility index (Phi) is 2.70. The van der Waals surface area contributed by atoms with E-state index in [2.05, 4.69) is 49.5 Å². The molecule has 0 saturated heterocycles. The van der Waals surface area contributed by atoms with Gasteiger partial charge in [-0.1, -0.05) is 43.7 Å². The van der Waals surface area contributed by atoms with E-state index in [0.29, 0.717) is 12.0 Å². The molecule has 3 atom stereocenters. The van der Waals surface area contributed by atoms with Crippen molar-refractivity contribution in [3.8, 4) is 0 Å². The summed E-state index contributed by atoms with van der Waals surface area (Å²) in [5, 5.41) is 3.75. The van der Waals surface area contributed by atoms with E-state index in [-0.39, 0.29) is 0 Å². The summed E-state index contributed by atoms with van der Waals surface area (Å²) in [5.74, 6) is 1.40. The molecule has 0 amide bonds. The van der Waals surface area contributed by atoms with E-state index in [9.17, 15) is 0 Å². The van der Waals surface area contributed by atoms with Crippen LogP contribution in [0.1, 0.15) is 44.6 Å². The number of anilines is 1. The number of nitrogens with one attached hydrogen (secondary N) is 1. The molecule has 90 valence electrons. The van der Waals surface area contributed by atoms with Crippen LogP contribution >= 0.6 is 0 Å². The summed E-state index contributed by atoms with van der Waals surface area (Å²) in [6, 6.07) is 9.33. The zero-order valence-electron chi connectivity index (χ0n) is 10.7. The van der Waals surface area contributed by atoms with Crippen molar-refractivity contribution in [3.63, 3.8) is 0 Å². The Hall–Kier alpha value is -1.24. The third-order valence-corrected chi connectivity index (χ3v) is 4.26. The Morgan fingerprint density at radius 3 is 2.88 bits per heavy atom. The molecule has 0 radical (unpaired) electrons. The number of hydrogen-bond acceptors (Lipinski definition) is 1. The molecule has 1 heteroatoms. The molecule has 1 N–H and O–H groups in total. The van der Waals surface area contributed by atoms with Crippen molar-refractivity contribution in [2.75, 3.05) is 5.32 Å². The van der Waals surface area contributed by atoms with Crippen molar-refractivity contribution in [2.45, 2.75) is 45.1 Å². The molecule has 1 heterocycles. The van der Waals surface area contributed by atoms with Crippen LogP contribution in [0.3, 0.4) is 0 Å². The van der Waals surface area contributed by atoms with Crippen LogP contribution in [0, 0.1) is 5.92 Å². The third kappa shape index (κ3) is 1.99. The minimum atomic E-state index is 0.548. The van der Waals surface area contributed by atoms with Crippen molar-refractivity contribution in [3.05, 3.63) is 41.5 Å². The Labute approximate surface area is 104 Å². The molecule has 2 aliphatic rings. The molecule has 1 aliphatic carbocycles. The topological polar surface area (TPSA) is 12.0 Å². The second kappa shape index (κ2) is 4.21. The fourth-order valence-corrected chi connectivity index (χ4v) is 3.23. The third-order valence-electron chi connectivity index (χ3n) is 4.26. The Balaban J connectivity index is 1.99. The molecule has 1 aromatic rings. The highest BCUT2D eigenvalue weighted by atomic mass is 14.9. The zero-order valence-corrected chi connectivity index (χ0v) is 10.7. The van der Waals surface area contributed by atoms with Gasteiger partial charge in [-0.3, -0.25) is 0 Å². The van der Waals surface area contributed by atoms with Crippen molar-refractivity contribution < 1.29 is 0 Å². The largest absolute Gasteiger partial charge is 0.378 e. The van der Waals surface area contributed by atoms with Gasteiger partial charge in [-0.2, -0.15) is 0 Å². The first-order valence-corrected chi connectivity index (χ1v) is 6.80. The van der Waals surface area contributed by atoms with Crippen LogP contribution in [0.4, 0.5) is 5.69 Å². The van der Waals surface area contributed by atoms with Crippen LogP contribution in [0.5, 0.6) is 0 Å². The zero-order chi connectivity index (χ0) is 11.8. The molecule has 1 aromatic carbocycles.